The van der Waals surface area contributed by atoms with Crippen LogP contribution in [0.25, 0.3) is 0 Å². The first kappa shape index (κ1) is 27.0. The van der Waals surface area contributed by atoms with Crippen LogP contribution in [0.4, 0.5) is 13.2 Å². The topological polar surface area (TPSA) is 79.8 Å². The van der Waals surface area contributed by atoms with Gasteiger partial charge in [0.2, 0.25) is 0 Å². The highest BCUT2D eigenvalue weighted by atomic mass is 127. The first-order valence-corrected chi connectivity index (χ1v) is 11.0. The molecular formula is C20H25F3IN3O3S. The van der Waals surface area contributed by atoms with Gasteiger partial charge in [0.25, 0.3) is 0 Å². The van der Waals surface area contributed by atoms with Crippen LogP contribution in [-0.4, -0.2) is 40.8 Å². The maximum absolute atomic E-state index is 12.9. The molecule has 172 valence electrons. The van der Waals surface area contributed by atoms with Gasteiger partial charge in [-0.3, -0.25) is 4.99 Å². The number of alkyl halides is 3. The number of rotatable bonds is 7. The molecule has 1 unspecified atom stereocenters. The van der Waals surface area contributed by atoms with Crippen LogP contribution in [0.3, 0.4) is 0 Å². The first-order chi connectivity index (χ1) is 14.0. The minimum absolute atomic E-state index is 0. The molecule has 0 spiro atoms. The third-order valence-electron chi connectivity index (χ3n) is 4.21. The van der Waals surface area contributed by atoms with E-state index >= 15 is 0 Å². The Morgan fingerprint density at radius 3 is 2.35 bits per heavy atom. The van der Waals surface area contributed by atoms with Crippen molar-refractivity contribution in [3.63, 3.8) is 0 Å². The summed E-state index contributed by atoms with van der Waals surface area (Å²) >= 11 is 0. The largest absolute Gasteiger partial charge is 0.492 e. The van der Waals surface area contributed by atoms with Gasteiger partial charge in [-0.15, -0.1) is 24.0 Å². The smallest absolute Gasteiger partial charge is 0.416 e. The molecule has 11 heteroatoms. The molecule has 2 rings (SSSR count). The summed E-state index contributed by atoms with van der Waals surface area (Å²) in [5.74, 6) is 0.931. The SMILES string of the molecule is CN=C(NCCOc1ccc(S(C)(=O)=O)cc1)NC(C)c1cccc(C(F)(F)F)c1.I. The zero-order chi connectivity index (χ0) is 22.4. The van der Waals surface area contributed by atoms with Crippen LogP contribution < -0.4 is 15.4 Å². The number of nitrogens with one attached hydrogen (secondary N) is 2. The number of ether oxygens (including phenoxy) is 1. The van der Waals surface area contributed by atoms with Gasteiger partial charge in [-0.05, 0) is 48.9 Å². The lowest BCUT2D eigenvalue weighted by atomic mass is 10.1. The van der Waals surface area contributed by atoms with Gasteiger partial charge in [-0.1, -0.05) is 12.1 Å². The predicted octanol–water partition coefficient (Wildman–Crippen LogP) is 4.03. The van der Waals surface area contributed by atoms with Crippen LogP contribution in [0.15, 0.2) is 58.4 Å². The number of halogens is 4. The Morgan fingerprint density at radius 1 is 1.16 bits per heavy atom. The molecule has 0 fully saturated rings. The van der Waals surface area contributed by atoms with Crippen LogP contribution in [0.1, 0.15) is 24.1 Å². The minimum atomic E-state index is -4.40. The Hall–Kier alpha value is -2.02. The summed E-state index contributed by atoms with van der Waals surface area (Å²) in [7, 11) is -1.70. The van der Waals surface area contributed by atoms with Gasteiger partial charge < -0.3 is 15.4 Å². The lowest BCUT2D eigenvalue weighted by Gasteiger charge is -2.19. The Kier molecular flexibility index (Phi) is 10.1. The summed E-state index contributed by atoms with van der Waals surface area (Å²) in [5, 5.41) is 6.05. The third-order valence-corrected chi connectivity index (χ3v) is 5.33. The fourth-order valence-corrected chi connectivity index (χ4v) is 3.22. The molecule has 0 saturated heterocycles. The molecule has 31 heavy (non-hydrogen) atoms. The molecule has 0 aromatic heterocycles. The molecule has 1 atom stereocenters. The van der Waals surface area contributed by atoms with Gasteiger partial charge in [0.05, 0.1) is 23.0 Å². The molecule has 0 bridgehead atoms. The summed E-state index contributed by atoms with van der Waals surface area (Å²) in [5.41, 5.74) is -0.220. The number of hydrogen-bond acceptors (Lipinski definition) is 4. The van der Waals surface area contributed by atoms with Crippen molar-refractivity contribution in [2.45, 2.75) is 24.0 Å². The van der Waals surface area contributed by atoms with Crippen LogP contribution in [0.2, 0.25) is 0 Å². The Morgan fingerprint density at radius 2 is 1.81 bits per heavy atom. The molecule has 2 aromatic carbocycles. The minimum Gasteiger partial charge on any atom is -0.492 e. The van der Waals surface area contributed by atoms with E-state index < -0.39 is 27.6 Å². The van der Waals surface area contributed by atoms with Gasteiger partial charge in [-0.25, -0.2) is 8.42 Å². The predicted molar refractivity (Wildman–Crippen MR) is 125 cm³/mol. The van der Waals surface area contributed by atoms with E-state index in [1.807, 2.05) is 0 Å². The maximum Gasteiger partial charge on any atom is 0.416 e. The number of nitrogens with zero attached hydrogens (tertiary/aromatic N) is 1. The summed E-state index contributed by atoms with van der Waals surface area (Å²) in [6.45, 7) is 2.39. The Balaban J connectivity index is 0.00000480. The molecular weight excluding hydrogens is 546 g/mol. The third kappa shape index (κ3) is 8.56. The number of sulfone groups is 1. The van der Waals surface area contributed by atoms with E-state index in [1.54, 1.807) is 32.2 Å². The molecule has 2 N–H and O–H groups in total. The lowest BCUT2D eigenvalue weighted by Crippen LogP contribution is -2.40. The van der Waals surface area contributed by atoms with Crippen LogP contribution in [-0.2, 0) is 16.0 Å². The van der Waals surface area contributed by atoms with Crippen molar-refractivity contribution in [3.8, 4) is 5.75 Å². The highest BCUT2D eigenvalue weighted by Gasteiger charge is 2.30. The van der Waals surface area contributed by atoms with Gasteiger partial charge in [0, 0.05) is 13.3 Å². The quantitative estimate of drug-likeness (QED) is 0.227. The molecule has 0 aliphatic rings. The van der Waals surface area contributed by atoms with Crippen molar-refractivity contribution < 1.29 is 26.3 Å². The van der Waals surface area contributed by atoms with Crippen molar-refractivity contribution in [3.05, 3.63) is 59.7 Å². The lowest BCUT2D eigenvalue weighted by molar-refractivity contribution is -0.137. The van der Waals surface area contributed by atoms with Crippen molar-refractivity contribution in [2.24, 2.45) is 4.99 Å². The zero-order valence-corrected chi connectivity index (χ0v) is 20.4. The molecule has 0 radical (unpaired) electrons. The van der Waals surface area contributed by atoms with Crippen molar-refractivity contribution in [1.82, 2.24) is 10.6 Å². The first-order valence-electron chi connectivity index (χ1n) is 9.08. The van der Waals surface area contributed by atoms with E-state index in [9.17, 15) is 21.6 Å². The normalized spacial score (nSPS) is 13.2. The number of hydrogen-bond donors (Lipinski definition) is 2. The summed E-state index contributed by atoms with van der Waals surface area (Å²) in [6, 6.07) is 10.8. The maximum atomic E-state index is 12.9. The second kappa shape index (κ2) is 11.6. The molecule has 6 nitrogen and oxygen atoms in total. The second-order valence-electron chi connectivity index (χ2n) is 6.58. The summed E-state index contributed by atoms with van der Waals surface area (Å²) in [6.07, 6.45) is -3.27. The van der Waals surface area contributed by atoms with E-state index in [0.29, 0.717) is 23.8 Å². The van der Waals surface area contributed by atoms with E-state index in [-0.39, 0.29) is 35.5 Å². The average molecular weight is 571 g/mol. The standard InChI is InChI=1S/C20H24F3N3O3S.HI/c1-14(15-5-4-6-16(13-15)20(21,22)23)26-19(24-2)25-11-12-29-17-7-9-18(10-8-17)30(3,27)28;/h4-10,13-14H,11-12H2,1-3H3,(H2,24,25,26);1H. The molecule has 0 aliphatic heterocycles. The van der Waals surface area contributed by atoms with Crippen molar-refractivity contribution >= 4 is 39.8 Å². The molecule has 0 aliphatic carbocycles. The van der Waals surface area contributed by atoms with E-state index in [2.05, 4.69) is 15.6 Å². The Labute approximate surface area is 197 Å². The van der Waals surface area contributed by atoms with Crippen molar-refractivity contribution in [2.75, 3.05) is 26.5 Å². The van der Waals surface area contributed by atoms with Crippen LogP contribution in [0.5, 0.6) is 5.75 Å². The van der Waals surface area contributed by atoms with Gasteiger partial charge in [0.15, 0.2) is 15.8 Å². The number of guanidine groups is 1. The van der Waals surface area contributed by atoms with Gasteiger partial charge in [0.1, 0.15) is 12.4 Å². The van der Waals surface area contributed by atoms with E-state index in [4.69, 9.17) is 4.74 Å². The van der Waals surface area contributed by atoms with E-state index in [0.717, 1.165) is 18.4 Å². The number of aliphatic imine (C=N–C) groups is 1. The van der Waals surface area contributed by atoms with Gasteiger partial charge >= 0.3 is 6.18 Å². The monoisotopic (exact) mass is 571 g/mol. The molecule has 0 heterocycles. The van der Waals surface area contributed by atoms with Crippen molar-refractivity contribution in [1.29, 1.82) is 0 Å². The number of benzene rings is 2. The average Bonchev–Trinajstić information content (AvgIpc) is 2.69. The van der Waals surface area contributed by atoms with Gasteiger partial charge in [-0.2, -0.15) is 13.2 Å². The Bertz CT molecular complexity index is 981. The fourth-order valence-electron chi connectivity index (χ4n) is 2.59. The van der Waals surface area contributed by atoms with Crippen LogP contribution in [0, 0.1) is 0 Å². The van der Waals surface area contributed by atoms with Crippen LogP contribution >= 0.6 is 24.0 Å². The molecule has 0 amide bonds. The molecule has 2 aromatic rings. The summed E-state index contributed by atoms with van der Waals surface area (Å²) < 4.78 is 67.1. The van der Waals surface area contributed by atoms with E-state index in [1.165, 1.54) is 18.2 Å². The highest BCUT2D eigenvalue weighted by Crippen LogP contribution is 2.30. The fraction of sp³-hybridized carbons (Fsp3) is 0.350. The highest BCUT2D eigenvalue weighted by molar-refractivity contribution is 14.0. The summed E-state index contributed by atoms with van der Waals surface area (Å²) in [4.78, 5) is 4.27. The molecule has 0 saturated carbocycles. The second-order valence-corrected chi connectivity index (χ2v) is 8.60. The zero-order valence-electron chi connectivity index (χ0n) is 17.2.